The van der Waals surface area contributed by atoms with E-state index in [9.17, 15) is 9.59 Å². The van der Waals surface area contributed by atoms with Crippen LogP contribution in [0.25, 0.3) is 10.9 Å². The first kappa shape index (κ1) is 21.8. The zero-order valence-corrected chi connectivity index (χ0v) is 17.5. The third-order valence-corrected chi connectivity index (χ3v) is 4.69. The molecule has 1 heterocycles. The molecule has 7 nitrogen and oxygen atoms in total. The normalized spacial score (nSPS) is 11.4. The van der Waals surface area contributed by atoms with Crippen LogP contribution in [0.3, 0.4) is 0 Å². The second-order valence-corrected chi connectivity index (χ2v) is 6.80. The zero-order chi connectivity index (χ0) is 22.4. The number of fused-ring (bicyclic) bond motifs is 1. The average Bonchev–Trinajstić information content (AvgIpc) is 2.78. The van der Waals surface area contributed by atoms with Gasteiger partial charge < -0.3 is 14.2 Å². The molecule has 0 spiro atoms. The molecule has 0 fully saturated rings. The van der Waals surface area contributed by atoms with Crippen molar-refractivity contribution in [3.05, 3.63) is 70.9 Å². The van der Waals surface area contributed by atoms with E-state index in [0.29, 0.717) is 28.1 Å². The minimum atomic E-state index is -0.888. The van der Waals surface area contributed by atoms with Crippen LogP contribution in [-0.2, 0) is 20.9 Å². The molecule has 3 aromatic rings. The van der Waals surface area contributed by atoms with Crippen molar-refractivity contribution >= 4 is 22.8 Å². The molecule has 31 heavy (non-hydrogen) atoms. The number of aromatic nitrogens is 1. The Kier molecular flexibility index (Phi) is 6.83. The van der Waals surface area contributed by atoms with Gasteiger partial charge in [-0.2, -0.15) is 5.26 Å². The van der Waals surface area contributed by atoms with Crippen molar-refractivity contribution in [2.45, 2.75) is 33.5 Å². The van der Waals surface area contributed by atoms with E-state index in [-0.39, 0.29) is 13.2 Å². The highest BCUT2D eigenvalue weighted by molar-refractivity contribution is 5.98. The molecule has 0 bridgehead atoms. The van der Waals surface area contributed by atoms with Crippen LogP contribution >= 0.6 is 0 Å². The molecule has 0 amide bonds. The van der Waals surface area contributed by atoms with Crippen molar-refractivity contribution < 1.29 is 23.8 Å². The smallest absolute Gasteiger partial charge is 0.347 e. The fourth-order valence-electron chi connectivity index (χ4n) is 3.14. The summed E-state index contributed by atoms with van der Waals surface area (Å²) in [7, 11) is 0. The SMILES string of the molecule is CCOC(=O)c1c(COC(=O)[C@@H](C)Oc2ccc(C#N)cc2)nc2ccccc2c1C. The van der Waals surface area contributed by atoms with Crippen molar-refractivity contribution in [3.8, 4) is 11.8 Å². The van der Waals surface area contributed by atoms with Crippen molar-refractivity contribution in [1.82, 2.24) is 4.98 Å². The summed E-state index contributed by atoms with van der Waals surface area (Å²) in [6.07, 6.45) is -0.888. The molecule has 0 aliphatic heterocycles. The summed E-state index contributed by atoms with van der Waals surface area (Å²) in [5, 5.41) is 9.69. The standard InChI is InChI=1S/C24H22N2O5/c1-4-29-24(28)22-15(2)19-7-5-6-8-20(19)26-21(22)14-30-23(27)16(3)31-18-11-9-17(13-25)10-12-18/h5-12,16H,4,14H2,1-3H3/t16-/m1/s1. The van der Waals surface area contributed by atoms with Crippen LogP contribution in [-0.4, -0.2) is 29.6 Å². The number of para-hydroxylation sites is 1. The molecule has 7 heteroatoms. The highest BCUT2D eigenvalue weighted by Gasteiger charge is 2.23. The summed E-state index contributed by atoms with van der Waals surface area (Å²) in [6.45, 7) is 5.13. The predicted octanol–water partition coefficient (Wildman–Crippen LogP) is 4.10. The minimum Gasteiger partial charge on any atom is -0.479 e. The Morgan fingerprint density at radius 1 is 1.10 bits per heavy atom. The number of hydrogen-bond acceptors (Lipinski definition) is 7. The van der Waals surface area contributed by atoms with Crippen LogP contribution in [0.15, 0.2) is 48.5 Å². The first-order chi connectivity index (χ1) is 14.9. The number of esters is 2. The lowest BCUT2D eigenvalue weighted by Gasteiger charge is -2.16. The first-order valence-electron chi connectivity index (χ1n) is 9.83. The van der Waals surface area contributed by atoms with Gasteiger partial charge in [-0.3, -0.25) is 0 Å². The highest BCUT2D eigenvalue weighted by atomic mass is 16.6. The van der Waals surface area contributed by atoms with Crippen molar-refractivity contribution in [2.24, 2.45) is 0 Å². The van der Waals surface area contributed by atoms with Crippen LogP contribution in [0.4, 0.5) is 0 Å². The molecule has 0 unspecified atom stereocenters. The van der Waals surface area contributed by atoms with Crippen molar-refractivity contribution in [3.63, 3.8) is 0 Å². The van der Waals surface area contributed by atoms with Gasteiger partial charge in [0.2, 0.25) is 0 Å². The van der Waals surface area contributed by atoms with Crippen molar-refractivity contribution in [1.29, 1.82) is 5.26 Å². The van der Waals surface area contributed by atoms with Crippen LogP contribution in [0.1, 0.15) is 41.0 Å². The Morgan fingerprint density at radius 3 is 2.48 bits per heavy atom. The predicted molar refractivity (Wildman–Crippen MR) is 113 cm³/mol. The lowest BCUT2D eigenvalue weighted by molar-refractivity contribution is -0.152. The summed E-state index contributed by atoms with van der Waals surface area (Å²) in [4.78, 5) is 29.5. The Morgan fingerprint density at radius 2 is 1.81 bits per heavy atom. The maximum atomic E-state index is 12.6. The Balaban J connectivity index is 1.78. The second kappa shape index (κ2) is 9.72. The first-order valence-corrected chi connectivity index (χ1v) is 9.83. The lowest BCUT2D eigenvalue weighted by atomic mass is 10.0. The second-order valence-electron chi connectivity index (χ2n) is 6.80. The van der Waals surface area contributed by atoms with Gasteiger partial charge in [-0.15, -0.1) is 0 Å². The van der Waals surface area contributed by atoms with E-state index in [2.05, 4.69) is 4.98 Å². The molecule has 0 aliphatic rings. The minimum absolute atomic E-state index is 0.195. The monoisotopic (exact) mass is 418 g/mol. The van der Waals surface area contributed by atoms with E-state index < -0.39 is 18.0 Å². The molecule has 158 valence electrons. The number of nitriles is 1. The van der Waals surface area contributed by atoms with Gasteiger partial charge in [0.25, 0.3) is 0 Å². The topological polar surface area (TPSA) is 98.5 Å². The number of rotatable bonds is 7. The van der Waals surface area contributed by atoms with Gasteiger partial charge >= 0.3 is 11.9 Å². The maximum absolute atomic E-state index is 12.6. The van der Waals surface area contributed by atoms with Gasteiger partial charge in [-0.1, -0.05) is 18.2 Å². The lowest BCUT2D eigenvalue weighted by Crippen LogP contribution is -2.26. The number of aryl methyl sites for hydroxylation is 1. The van der Waals surface area contributed by atoms with E-state index in [1.165, 1.54) is 0 Å². The van der Waals surface area contributed by atoms with E-state index >= 15 is 0 Å². The highest BCUT2D eigenvalue weighted by Crippen LogP contribution is 2.24. The number of pyridine rings is 1. The van der Waals surface area contributed by atoms with Gasteiger partial charge in [0.05, 0.1) is 35.0 Å². The van der Waals surface area contributed by atoms with E-state index in [1.54, 1.807) is 38.1 Å². The number of benzene rings is 2. The summed E-state index contributed by atoms with van der Waals surface area (Å²) < 4.78 is 16.2. The summed E-state index contributed by atoms with van der Waals surface area (Å²) in [6, 6.07) is 15.9. The molecular formula is C24H22N2O5. The molecule has 2 aromatic carbocycles. The molecular weight excluding hydrogens is 396 g/mol. The third-order valence-electron chi connectivity index (χ3n) is 4.69. The van der Waals surface area contributed by atoms with Crippen LogP contribution in [0, 0.1) is 18.3 Å². The number of ether oxygens (including phenoxy) is 3. The number of carbonyl (C=O) groups excluding carboxylic acids is 2. The maximum Gasteiger partial charge on any atom is 0.347 e. The molecule has 1 atom stereocenters. The molecule has 0 radical (unpaired) electrons. The Hall–Kier alpha value is -3.92. The number of nitrogens with zero attached hydrogens (tertiary/aromatic N) is 2. The van der Waals surface area contributed by atoms with Crippen LogP contribution in [0.2, 0.25) is 0 Å². The average molecular weight is 418 g/mol. The molecule has 0 saturated heterocycles. The van der Waals surface area contributed by atoms with Gasteiger partial charge in [0.15, 0.2) is 6.10 Å². The van der Waals surface area contributed by atoms with E-state index in [4.69, 9.17) is 19.5 Å². The number of hydrogen-bond donors (Lipinski definition) is 0. The summed E-state index contributed by atoms with van der Waals surface area (Å²) in [5.41, 5.74) is 2.53. The zero-order valence-electron chi connectivity index (χ0n) is 17.5. The molecule has 1 aromatic heterocycles. The number of carbonyl (C=O) groups is 2. The summed E-state index contributed by atoms with van der Waals surface area (Å²) in [5.74, 6) is -0.673. The van der Waals surface area contributed by atoms with E-state index in [0.717, 1.165) is 10.9 Å². The molecule has 0 aliphatic carbocycles. The summed E-state index contributed by atoms with van der Waals surface area (Å²) >= 11 is 0. The third kappa shape index (κ3) is 4.98. The van der Waals surface area contributed by atoms with Gasteiger partial charge in [-0.05, 0) is 56.7 Å². The quantitative estimate of drug-likeness (QED) is 0.533. The molecule has 0 N–H and O–H groups in total. The largest absolute Gasteiger partial charge is 0.479 e. The van der Waals surface area contributed by atoms with Gasteiger partial charge in [0, 0.05) is 5.39 Å². The van der Waals surface area contributed by atoms with Crippen molar-refractivity contribution in [2.75, 3.05) is 6.61 Å². The fraction of sp³-hybridized carbons (Fsp3) is 0.250. The Labute approximate surface area is 180 Å². The van der Waals surface area contributed by atoms with Crippen LogP contribution < -0.4 is 4.74 Å². The van der Waals surface area contributed by atoms with Gasteiger partial charge in [-0.25, -0.2) is 14.6 Å². The van der Waals surface area contributed by atoms with Crippen LogP contribution in [0.5, 0.6) is 5.75 Å². The van der Waals surface area contributed by atoms with E-state index in [1.807, 2.05) is 37.3 Å². The Bertz CT molecular complexity index is 1150. The molecule has 3 rings (SSSR count). The van der Waals surface area contributed by atoms with Gasteiger partial charge in [0.1, 0.15) is 12.4 Å². The fourth-order valence-corrected chi connectivity index (χ4v) is 3.14. The molecule has 0 saturated carbocycles.